The van der Waals surface area contributed by atoms with E-state index < -0.39 is 14.9 Å². The Morgan fingerprint density at radius 1 is 1.15 bits per heavy atom. The van der Waals surface area contributed by atoms with E-state index in [1.165, 1.54) is 12.1 Å². The predicted molar refractivity (Wildman–Crippen MR) is 75.2 cm³/mol. The molecule has 2 aromatic rings. The van der Waals surface area contributed by atoms with E-state index in [9.17, 15) is 12.8 Å². The van der Waals surface area contributed by atoms with Crippen molar-refractivity contribution in [2.24, 2.45) is 0 Å². The third kappa shape index (κ3) is 3.62. The van der Waals surface area contributed by atoms with Gasteiger partial charge in [0.05, 0.1) is 4.90 Å². The lowest BCUT2D eigenvalue weighted by atomic mass is 10.2. The van der Waals surface area contributed by atoms with Crippen molar-refractivity contribution in [3.8, 4) is 5.75 Å². The molecule has 3 nitrogen and oxygen atoms in total. The minimum absolute atomic E-state index is 0.0730. The minimum Gasteiger partial charge on any atom is -0.486 e. The first-order valence-corrected chi connectivity index (χ1v) is 8.17. The molecule has 0 atom stereocenters. The number of hydrogen-bond donors (Lipinski definition) is 0. The van der Waals surface area contributed by atoms with Gasteiger partial charge >= 0.3 is 0 Å². The molecule has 0 aliphatic heterocycles. The van der Waals surface area contributed by atoms with Crippen molar-refractivity contribution in [2.45, 2.75) is 11.5 Å². The van der Waals surface area contributed by atoms with Crippen LogP contribution in [0.1, 0.15) is 5.56 Å². The van der Waals surface area contributed by atoms with Gasteiger partial charge in [0, 0.05) is 21.3 Å². The molecule has 2 aromatic carbocycles. The third-order valence-corrected chi connectivity index (χ3v) is 4.25. The van der Waals surface area contributed by atoms with Crippen LogP contribution in [0.2, 0.25) is 5.02 Å². The van der Waals surface area contributed by atoms with Gasteiger partial charge in [-0.05, 0) is 24.3 Å². The number of rotatable bonds is 4. The van der Waals surface area contributed by atoms with Crippen molar-refractivity contribution < 1.29 is 17.5 Å². The SMILES string of the molecule is O=S(=O)(Cl)c1ccc(OCc2ccccc2Cl)c(F)c1. The quantitative estimate of drug-likeness (QED) is 0.794. The maximum absolute atomic E-state index is 13.7. The fraction of sp³-hybridized carbons (Fsp3) is 0.0769. The van der Waals surface area contributed by atoms with Crippen LogP contribution in [0.25, 0.3) is 0 Å². The molecular weight excluding hydrogens is 326 g/mol. The molecule has 0 heterocycles. The van der Waals surface area contributed by atoms with Crippen LogP contribution in [-0.4, -0.2) is 8.42 Å². The summed E-state index contributed by atoms with van der Waals surface area (Å²) in [4.78, 5) is -0.318. The van der Waals surface area contributed by atoms with Gasteiger partial charge in [-0.3, -0.25) is 0 Å². The zero-order valence-corrected chi connectivity index (χ0v) is 12.3. The Hall–Kier alpha value is -1.30. The van der Waals surface area contributed by atoms with Gasteiger partial charge in [-0.25, -0.2) is 12.8 Å². The van der Waals surface area contributed by atoms with Gasteiger partial charge < -0.3 is 4.74 Å². The number of halogens is 3. The molecule has 0 fully saturated rings. The highest BCUT2D eigenvalue weighted by molar-refractivity contribution is 8.13. The normalized spacial score (nSPS) is 11.3. The molecule has 7 heteroatoms. The number of benzene rings is 2. The maximum Gasteiger partial charge on any atom is 0.261 e. The van der Waals surface area contributed by atoms with E-state index in [1.807, 2.05) is 0 Å². The van der Waals surface area contributed by atoms with E-state index in [2.05, 4.69) is 0 Å². The minimum atomic E-state index is -3.96. The Kier molecular flexibility index (Phi) is 4.52. The lowest BCUT2D eigenvalue weighted by Crippen LogP contribution is -1.99. The maximum atomic E-state index is 13.7. The highest BCUT2D eigenvalue weighted by Crippen LogP contribution is 2.25. The van der Waals surface area contributed by atoms with Crippen LogP contribution < -0.4 is 4.74 Å². The zero-order valence-electron chi connectivity index (χ0n) is 10.0. The van der Waals surface area contributed by atoms with Crippen LogP contribution in [-0.2, 0) is 15.7 Å². The summed E-state index contributed by atoms with van der Waals surface area (Å²) in [5, 5.41) is 0.507. The Bertz CT molecular complexity index is 732. The van der Waals surface area contributed by atoms with Crippen molar-refractivity contribution in [3.63, 3.8) is 0 Å². The fourth-order valence-corrected chi connectivity index (χ4v) is 2.47. The van der Waals surface area contributed by atoms with Crippen LogP contribution in [0.5, 0.6) is 5.75 Å². The fourth-order valence-electron chi connectivity index (χ4n) is 1.52. The summed E-state index contributed by atoms with van der Waals surface area (Å²) in [6, 6.07) is 10.2. The van der Waals surface area contributed by atoms with Crippen LogP contribution in [0.15, 0.2) is 47.4 Å². The summed E-state index contributed by atoms with van der Waals surface area (Å²) < 4.78 is 41.1. The van der Waals surface area contributed by atoms with Gasteiger partial charge in [0.2, 0.25) is 0 Å². The molecule has 106 valence electrons. The Balaban J connectivity index is 2.17. The van der Waals surface area contributed by atoms with E-state index in [1.54, 1.807) is 24.3 Å². The second-order valence-electron chi connectivity index (χ2n) is 3.91. The molecule has 0 saturated heterocycles. The second kappa shape index (κ2) is 5.99. The van der Waals surface area contributed by atoms with Crippen molar-refractivity contribution in [1.82, 2.24) is 0 Å². The molecule has 20 heavy (non-hydrogen) atoms. The van der Waals surface area contributed by atoms with E-state index in [4.69, 9.17) is 27.0 Å². The Labute approximate surface area is 125 Å². The lowest BCUT2D eigenvalue weighted by molar-refractivity contribution is 0.290. The average Bonchev–Trinajstić information content (AvgIpc) is 2.38. The third-order valence-electron chi connectivity index (χ3n) is 2.53. The van der Waals surface area contributed by atoms with Crippen LogP contribution in [0.3, 0.4) is 0 Å². The highest BCUT2D eigenvalue weighted by atomic mass is 35.7. The molecule has 0 aliphatic carbocycles. The smallest absolute Gasteiger partial charge is 0.261 e. The Morgan fingerprint density at radius 3 is 2.45 bits per heavy atom. The summed E-state index contributed by atoms with van der Waals surface area (Å²) in [5.74, 6) is -0.882. The van der Waals surface area contributed by atoms with Gasteiger partial charge in [-0.15, -0.1) is 0 Å². The molecule has 0 amide bonds. The lowest BCUT2D eigenvalue weighted by Gasteiger charge is -2.09. The van der Waals surface area contributed by atoms with Gasteiger partial charge in [-0.2, -0.15) is 0 Å². The highest BCUT2D eigenvalue weighted by Gasteiger charge is 2.14. The molecule has 0 aliphatic rings. The average molecular weight is 335 g/mol. The van der Waals surface area contributed by atoms with Gasteiger partial charge in [0.25, 0.3) is 9.05 Å². The van der Waals surface area contributed by atoms with Gasteiger partial charge in [0.1, 0.15) is 6.61 Å². The molecule has 0 aromatic heterocycles. The van der Waals surface area contributed by atoms with Crippen molar-refractivity contribution >= 4 is 31.3 Å². The first kappa shape index (κ1) is 15.1. The summed E-state index contributed by atoms with van der Waals surface area (Å²) in [5.41, 5.74) is 0.697. The molecule has 0 N–H and O–H groups in total. The summed E-state index contributed by atoms with van der Waals surface area (Å²) in [6.07, 6.45) is 0. The molecule has 2 rings (SSSR count). The molecule has 0 radical (unpaired) electrons. The van der Waals surface area contributed by atoms with Crippen LogP contribution in [0, 0.1) is 5.82 Å². The Morgan fingerprint density at radius 2 is 1.85 bits per heavy atom. The largest absolute Gasteiger partial charge is 0.486 e. The van der Waals surface area contributed by atoms with Crippen LogP contribution >= 0.6 is 22.3 Å². The van der Waals surface area contributed by atoms with Gasteiger partial charge in [0.15, 0.2) is 11.6 Å². The van der Waals surface area contributed by atoms with E-state index in [0.717, 1.165) is 6.07 Å². The number of hydrogen-bond acceptors (Lipinski definition) is 3. The van der Waals surface area contributed by atoms with E-state index in [-0.39, 0.29) is 17.3 Å². The van der Waals surface area contributed by atoms with Gasteiger partial charge in [-0.1, -0.05) is 29.8 Å². The molecular formula is C13H9Cl2FO3S. The van der Waals surface area contributed by atoms with E-state index in [0.29, 0.717) is 10.6 Å². The van der Waals surface area contributed by atoms with Crippen molar-refractivity contribution in [2.75, 3.05) is 0 Å². The summed E-state index contributed by atoms with van der Waals surface area (Å²) in [6.45, 7) is 0.0730. The monoisotopic (exact) mass is 334 g/mol. The topological polar surface area (TPSA) is 43.4 Å². The zero-order chi connectivity index (χ0) is 14.8. The first-order chi connectivity index (χ1) is 9.38. The molecule has 0 spiro atoms. The first-order valence-electron chi connectivity index (χ1n) is 5.48. The number of ether oxygens (including phenoxy) is 1. The summed E-state index contributed by atoms with van der Waals surface area (Å²) >= 11 is 5.94. The molecule has 0 saturated carbocycles. The summed E-state index contributed by atoms with van der Waals surface area (Å²) in [7, 11) is 1.16. The van der Waals surface area contributed by atoms with Crippen molar-refractivity contribution in [1.29, 1.82) is 0 Å². The molecule has 0 bridgehead atoms. The van der Waals surface area contributed by atoms with Crippen LogP contribution in [0.4, 0.5) is 4.39 Å². The second-order valence-corrected chi connectivity index (χ2v) is 6.88. The predicted octanol–water partition coefficient (Wildman–Crippen LogP) is 3.99. The van der Waals surface area contributed by atoms with E-state index >= 15 is 0 Å². The molecule has 0 unspecified atom stereocenters. The standard InChI is InChI=1S/C13H9Cl2FO3S/c14-11-4-2-1-3-9(11)8-19-13-6-5-10(7-12(13)16)20(15,17)18/h1-7H,8H2. The van der Waals surface area contributed by atoms with Crippen molar-refractivity contribution in [3.05, 3.63) is 58.9 Å².